The van der Waals surface area contributed by atoms with Gasteiger partial charge in [0.15, 0.2) is 0 Å². The number of carbonyl (C=O) groups is 1. The van der Waals surface area contributed by atoms with E-state index in [1.54, 1.807) is 30.1 Å². The second kappa shape index (κ2) is 6.09. The third kappa shape index (κ3) is 3.39. The molecule has 0 spiro atoms. The van der Waals surface area contributed by atoms with E-state index in [4.69, 9.17) is 5.73 Å². The SMILES string of the molecule is Cc1cccc(CN(C)C(=O)c2ccc(N)c(Br)c2)c1. The minimum atomic E-state index is -0.0211. The Morgan fingerprint density at radius 3 is 2.65 bits per heavy atom. The number of benzene rings is 2. The zero-order valence-corrected chi connectivity index (χ0v) is 13.1. The number of hydrogen-bond acceptors (Lipinski definition) is 2. The highest BCUT2D eigenvalue weighted by molar-refractivity contribution is 9.10. The maximum Gasteiger partial charge on any atom is 0.253 e. The summed E-state index contributed by atoms with van der Waals surface area (Å²) in [6.45, 7) is 2.63. The van der Waals surface area contributed by atoms with Crippen molar-refractivity contribution in [1.29, 1.82) is 0 Å². The molecule has 2 N–H and O–H groups in total. The molecule has 0 aliphatic carbocycles. The van der Waals surface area contributed by atoms with E-state index < -0.39 is 0 Å². The van der Waals surface area contributed by atoms with Crippen molar-refractivity contribution in [2.24, 2.45) is 0 Å². The topological polar surface area (TPSA) is 46.3 Å². The van der Waals surface area contributed by atoms with E-state index in [9.17, 15) is 4.79 Å². The van der Waals surface area contributed by atoms with Crippen LogP contribution < -0.4 is 5.73 Å². The van der Waals surface area contributed by atoms with E-state index >= 15 is 0 Å². The van der Waals surface area contributed by atoms with Crippen LogP contribution in [0, 0.1) is 6.92 Å². The summed E-state index contributed by atoms with van der Waals surface area (Å²) in [5.41, 5.74) is 9.30. The number of nitrogen functional groups attached to an aromatic ring is 1. The van der Waals surface area contributed by atoms with Gasteiger partial charge in [0.2, 0.25) is 0 Å². The maximum atomic E-state index is 12.4. The summed E-state index contributed by atoms with van der Waals surface area (Å²) in [7, 11) is 1.80. The van der Waals surface area contributed by atoms with E-state index in [1.165, 1.54) is 5.56 Å². The smallest absolute Gasteiger partial charge is 0.253 e. The van der Waals surface area contributed by atoms with Crippen molar-refractivity contribution in [2.45, 2.75) is 13.5 Å². The van der Waals surface area contributed by atoms with E-state index in [0.717, 1.165) is 10.0 Å². The molecule has 2 aromatic rings. The van der Waals surface area contributed by atoms with Crippen molar-refractivity contribution >= 4 is 27.5 Å². The second-order valence-corrected chi connectivity index (χ2v) is 5.74. The van der Waals surface area contributed by atoms with Crippen molar-refractivity contribution in [3.8, 4) is 0 Å². The third-order valence-electron chi connectivity index (χ3n) is 3.10. The van der Waals surface area contributed by atoms with Gasteiger partial charge in [0.05, 0.1) is 0 Å². The fourth-order valence-corrected chi connectivity index (χ4v) is 2.42. The van der Waals surface area contributed by atoms with Gasteiger partial charge in [0.25, 0.3) is 5.91 Å². The molecule has 0 aromatic heterocycles. The normalized spacial score (nSPS) is 10.3. The Balaban J connectivity index is 2.14. The van der Waals surface area contributed by atoms with Gasteiger partial charge in [0, 0.05) is 29.3 Å². The Hall–Kier alpha value is -1.81. The molecule has 4 heteroatoms. The number of aryl methyl sites for hydroxylation is 1. The van der Waals surface area contributed by atoms with E-state index in [-0.39, 0.29) is 5.91 Å². The van der Waals surface area contributed by atoms with Crippen LogP contribution in [-0.4, -0.2) is 17.9 Å². The molecule has 0 saturated heterocycles. The average molecular weight is 333 g/mol. The Bertz CT molecular complexity index is 640. The van der Waals surface area contributed by atoms with Crippen molar-refractivity contribution < 1.29 is 4.79 Å². The molecule has 0 radical (unpaired) electrons. The van der Waals surface area contributed by atoms with Gasteiger partial charge in [-0.2, -0.15) is 0 Å². The summed E-state index contributed by atoms with van der Waals surface area (Å²) in [6, 6.07) is 13.4. The van der Waals surface area contributed by atoms with Crippen molar-refractivity contribution in [3.63, 3.8) is 0 Å². The molecule has 0 unspecified atom stereocenters. The predicted octanol–water partition coefficient (Wildman–Crippen LogP) is 3.61. The zero-order chi connectivity index (χ0) is 14.7. The van der Waals surface area contributed by atoms with E-state index in [1.807, 2.05) is 25.1 Å². The van der Waals surface area contributed by atoms with Crippen LogP contribution in [0.1, 0.15) is 21.5 Å². The first-order valence-corrected chi connectivity index (χ1v) is 7.12. The van der Waals surface area contributed by atoms with Gasteiger partial charge in [-0.25, -0.2) is 0 Å². The van der Waals surface area contributed by atoms with Crippen LogP contribution in [0.3, 0.4) is 0 Å². The Kier molecular flexibility index (Phi) is 4.45. The minimum absolute atomic E-state index is 0.0211. The number of rotatable bonds is 3. The molecular weight excluding hydrogens is 316 g/mol. The van der Waals surface area contributed by atoms with Gasteiger partial charge in [-0.05, 0) is 46.6 Å². The number of carbonyl (C=O) groups excluding carboxylic acids is 1. The lowest BCUT2D eigenvalue weighted by Gasteiger charge is -2.18. The molecule has 0 saturated carbocycles. The van der Waals surface area contributed by atoms with Crippen LogP contribution in [-0.2, 0) is 6.54 Å². The van der Waals surface area contributed by atoms with Crippen LogP contribution in [0.15, 0.2) is 46.9 Å². The molecule has 20 heavy (non-hydrogen) atoms. The zero-order valence-electron chi connectivity index (χ0n) is 11.6. The van der Waals surface area contributed by atoms with E-state index in [0.29, 0.717) is 17.8 Å². The molecule has 2 rings (SSSR count). The Morgan fingerprint density at radius 2 is 2.00 bits per heavy atom. The summed E-state index contributed by atoms with van der Waals surface area (Å²) in [5, 5.41) is 0. The second-order valence-electron chi connectivity index (χ2n) is 4.89. The third-order valence-corrected chi connectivity index (χ3v) is 3.78. The lowest BCUT2D eigenvalue weighted by Crippen LogP contribution is -2.26. The molecule has 0 fully saturated rings. The van der Waals surface area contributed by atoms with Gasteiger partial charge in [-0.1, -0.05) is 29.8 Å². The van der Waals surface area contributed by atoms with Gasteiger partial charge in [-0.15, -0.1) is 0 Å². The van der Waals surface area contributed by atoms with Crippen LogP contribution in [0.2, 0.25) is 0 Å². The molecule has 0 atom stereocenters. The fraction of sp³-hybridized carbons (Fsp3) is 0.188. The quantitative estimate of drug-likeness (QED) is 0.872. The molecule has 0 aliphatic heterocycles. The fourth-order valence-electron chi connectivity index (χ4n) is 2.04. The minimum Gasteiger partial charge on any atom is -0.398 e. The molecule has 1 amide bonds. The van der Waals surface area contributed by atoms with Crippen molar-refractivity contribution in [3.05, 3.63) is 63.6 Å². The molecular formula is C16H17BrN2O. The summed E-state index contributed by atoms with van der Waals surface area (Å²) in [5.74, 6) is -0.0211. The van der Waals surface area contributed by atoms with Crippen LogP contribution in [0.5, 0.6) is 0 Å². The molecule has 3 nitrogen and oxygen atoms in total. The Labute approximate surface area is 127 Å². The summed E-state index contributed by atoms with van der Waals surface area (Å²) in [4.78, 5) is 14.1. The van der Waals surface area contributed by atoms with Crippen LogP contribution in [0.4, 0.5) is 5.69 Å². The lowest BCUT2D eigenvalue weighted by molar-refractivity contribution is 0.0785. The highest BCUT2D eigenvalue weighted by Crippen LogP contribution is 2.21. The van der Waals surface area contributed by atoms with Gasteiger partial charge < -0.3 is 10.6 Å². The number of anilines is 1. The number of hydrogen-bond donors (Lipinski definition) is 1. The largest absolute Gasteiger partial charge is 0.398 e. The van der Waals surface area contributed by atoms with Gasteiger partial charge >= 0.3 is 0 Å². The molecule has 104 valence electrons. The first-order chi connectivity index (χ1) is 9.47. The molecule has 0 aliphatic rings. The maximum absolute atomic E-state index is 12.4. The lowest BCUT2D eigenvalue weighted by atomic mass is 10.1. The molecule has 2 aromatic carbocycles. The van der Waals surface area contributed by atoms with Crippen molar-refractivity contribution in [1.82, 2.24) is 4.90 Å². The highest BCUT2D eigenvalue weighted by atomic mass is 79.9. The molecule has 0 heterocycles. The summed E-state index contributed by atoms with van der Waals surface area (Å²) < 4.78 is 0.743. The monoisotopic (exact) mass is 332 g/mol. The predicted molar refractivity (Wildman–Crippen MR) is 85.5 cm³/mol. The van der Waals surface area contributed by atoms with Crippen LogP contribution >= 0.6 is 15.9 Å². The Morgan fingerprint density at radius 1 is 1.25 bits per heavy atom. The van der Waals surface area contributed by atoms with Gasteiger partial charge in [-0.3, -0.25) is 4.79 Å². The number of amides is 1. The number of nitrogens with two attached hydrogens (primary N) is 1. The average Bonchev–Trinajstić information content (AvgIpc) is 2.41. The highest BCUT2D eigenvalue weighted by Gasteiger charge is 2.13. The summed E-state index contributed by atoms with van der Waals surface area (Å²) >= 11 is 3.34. The van der Waals surface area contributed by atoms with Crippen molar-refractivity contribution in [2.75, 3.05) is 12.8 Å². The standard InChI is InChI=1S/C16H17BrN2O/c1-11-4-3-5-12(8-11)10-19(2)16(20)13-6-7-15(18)14(17)9-13/h3-9H,10,18H2,1-2H3. The first-order valence-electron chi connectivity index (χ1n) is 6.33. The first kappa shape index (κ1) is 14.6. The van der Waals surface area contributed by atoms with Crippen LogP contribution in [0.25, 0.3) is 0 Å². The number of halogens is 1. The summed E-state index contributed by atoms with van der Waals surface area (Å²) in [6.07, 6.45) is 0. The number of nitrogens with zero attached hydrogens (tertiary/aromatic N) is 1. The van der Waals surface area contributed by atoms with Gasteiger partial charge in [0.1, 0.15) is 0 Å². The van der Waals surface area contributed by atoms with E-state index in [2.05, 4.69) is 22.0 Å². The molecule has 0 bridgehead atoms.